The van der Waals surface area contributed by atoms with Gasteiger partial charge in [-0.15, -0.1) is 0 Å². The average molecular weight is 416 g/mol. The van der Waals surface area contributed by atoms with Crippen molar-refractivity contribution in [3.63, 3.8) is 0 Å². The smallest absolute Gasteiger partial charge is 0.329 e. The van der Waals surface area contributed by atoms with Crippen LogP contribution in [0.3, 0.4) is 0 Å². The molecular formula is C24H30FNO4. The number of esters is 1. The number of rotatable bonds is 8. The molecule has 0 spiro atoms. The maximum Gasteiger partial charge on any atom is 0.329 e. The summed E-state index contributed by atoms with van der Waals surface area (Å²) in [5.41, 5.74) is 1.61. The van der Waals surface area contributed by atoms with E-state index in [0.29, 0.717) is 11.3 Å². The minimum absolute atomic E-state index is 0.00470. The molecule has 0 saturated carbocycles. The lowest BCUT2D eigenvalue weighted by atomic mass is 9.86. The van der Waals surface area contributed by atoms with Gasteiger partial charge in [-0.25, -0.2) is 9.18 Å². The second-order valence-electron chi connectivity index (χ2n) is 8.49. The van der Waals surface area contributed by atoms with E-state index in [0.717, 1.165) is 5.56 Å². The first-order valence-corrected chi connectivity index (χ1v) is 10.0. The molecule has 2 aromatic rings. The van der Waals surface area contributed by atoms with E-state index in [-0.39, 0.29) is 36.3 Å². The molecule has 5 nitrogen and oxygen atoms in total. The van der Waals surface area contributed by atoms with E-state index in [2.05, 4.69) is 26.1 Å². The van der Waals surface area contributed by atoms with Gasteiger partial charge in [0.05, 0.1) is 0 Å². The van der Waals surface area contributed by atoms with E-state index in [1.54, 1.807) is 12.1 Å². The van der Waals surface area contributed by atoms with E-state index >= 15 is 0 Å². The first kappa shape index (κ1) is 23.4. The summed E-state index contributed by atoms with van der Waals surface area (Å²) in [5, 5.41) is 2.76. The van der Waals surface area contributed by atoms with Crippen LogP contribution in [0.4, 0.5) is 4.39 Å². The molecule has 6 heteroatoms. The van der Waals surface area contributed by atoms with E-state index < -0.39 is 12.0 Å². The standard InChI is InChI=1S/C24H30FNO4/c1-16(2)21(23(28)30-15-14-29-20-12-10-19(25)11-13-20)26-22(27)17-6-8-18(9-7-17)24(3,4)5/h6-13,16,21H,14-15H2,1-5H3,(H,26,27)/t21-/m0/s1. The third-order valence-electron chi connectivity index (χ3n) is 4.63. The minimum Gasteiger partial charge on any atom is -0.490 e. The Bertz CT molecular complexity index is 839. The number of ether oxygens (including phenoxy) is 2. The molecule has 1 N–H and O–H groups in total. The highest BCUT2D eigenvalue weighted by molar-refractivity contribution is 5.96. The van der Waals surface area contributed by atoms with E-state index in [1.807, 2.05) is 26.0 Å². The highest BCUT2D eigenvalue weighted by atomic mass is 19.1. The second kappa shape index (κ2) is 10.2. The number of benzene rings is 2. The van der Waals surface area contributed by atoms with Crippen LogP contribution < -0.4 is 10.1 Å². The second-order valence-corrected chi connectivity index (χ2v) is 8.49. The molecule has 2 rings (SSSR count). The molecule has 0 aliphatic rings. The molecule has 0 aliphatic carbocycles. The van der Waals surface area contributed by atoms with Crippen molar-refractivity contribution in [3.8, 4) is 5.75 Å². The summed E-state index contributed by atoms with van der Waals surface area (Å²) < 4.78 is 23.6. The molecular weight excluding hydrogens is 385 g/mol. The Labute approximate surface area is 177 Å². The molecule has 0 fully saturated rings. The topological polar surface area (TPSA) is 64.6 Å². The van der Waals surface area contributed by atoms with Gasteiger partial charge >= 0.3 is 5.97 Å². The van der Waals surface area contributed by atoms with Gasteiger partial charge in [0.15, 0.2) is 0 Å². The van der Waals surface area contributed by atoms with Crippen molar-refractivity contribution in [2.45, 2.75) is 46.1 Å². The zero-order valence-corrected chi connectivity index (χ0v) is 18.2. The largest absolute Gasteiger partial charge is 0.490 e. The van der Waals surface area contributed by atoms with Crippen molar-refractivity contribution in [2.24, 2.45) is 5.92 Å². The Kier molecular flexibility index (Phi) is 7.98. The monoisotopic (exact) mass is 415 g/mol. The van der Waals surface area contributed by atoms with Gasteiger partial charge in [0.2, 0.25) is 0 Å². The van der Waals surface area contributed by atoms with Crippen LogP contribution in [0, 0.1) is 11.7 Å². The number of hydrogen-bond acceptors (Lipinski definition) is 4. The van der Waals surface area contributed by atoms with Crippen LogP contribution >= 0.6 is 0 Å². The molecule has 30 heavy (non-hydrogen) atoms. The average Bonchev–Trinajstić information content (AvgIpc) is 2.69. The fraction of sp³-hybridized carbons (Fsp3) is 0.417. The van der Waals surface area contributed by atoms with Crippen LogP contribution in [0.1, 0.15) is 50.5 Å². The molecule has 0 aromatic heterocycles. The molecule has 0 radical (unpaired) electrons. The Morgan fingerprint density at radius 1 is 0.967 bits per heavy atom. The van der Waals surface area contributed by atoms with Gasteiger partial charge in [0.25, 0.3) is 5.91 Å². The fourth-order valence-electron chi connectivity index (χ4n) is 2.77. The first-order chi connectivity index (χ1) is 14.1. The Balaban J connectivity index is 1.88. The summed E-state index contributed by atoms with van der Waals surface area (Å²) in [6, 6.07) is 12.2. The van der Waals surface area contributed by atoms with Gasteiger partial charge in [-0.3, -0.25) is 4.79 Å². The zero-order valence-electron chi connectivity index (χ0n) is 18.2. The highest BCUT2D eigenvalue weighted by Crippen LogP contribution is 2.22. The van der Waals surface area contributed by atoms with Crippen LogP contribution in [0.2, 0.25) is 0 Å². The summed E-state index contributed by atoms with van der Waals surface area (Å²) in [5.74, 6) is -0.855. The maximum atomic E-state index is 12.9. The summed E-state index contributed by atoms with van der Waals surface area (Å²) in [7, 11) is 0. The molecule has 0 bridgehead atoms. The van der Waals surface area contributed by atoms with Crippen molar-refractivity contribution in [3.05, 3.63) is 65.5 Å². The SMILES string of the molecule is CC(C)[C@H](NC(=O)c1ccc(C(C)(C)C)cc1)C(=O)OCCOc1ccc(F)cc1. The van der Waals surface area contributed by atoms with Gasteiger partial charge in [-0.2, -0.15) is 0 Å². The summed E-state index contributed by atoms with van der Waals surface area (Å²) in [4.78, 5) is 25.0. The Hall–Kier alpha value is -2.89. The molecule has 0 unspecified atom stereocenters. The zero-order chi connectivity index (χ0) is 22.3. The van der Waals surface area contributed by atoms with Crippen molar-refractivity contribution in [1.82, 2.24) is 5.32 Å². The van der Waals surface area contributed by atoms with E-state index in [4.69, 9.17) is 9.47 Å². The van der Waals surface area contributed by atoms with Crippen LogP contribution in [-0.4, -0.2) is 31.1 Å². The Morgan fingerprint density at radius 2 is 1.57 bits per heavy atom. The van der Waals surface area contributed by atoms with Gasteiger partial charge < -0.3 is 14.8 Å². The van der Waals surface area contributed by atoms with Crippen LogP contribution in [0.25, 0.3) is 0 Å². The highest BCUT2D eigenvalue weighted by Gasteiger charge is 2.26. The molecule has 1 amide bonds. The lowest BCUT2D eigenvalue weighted by Gasteiger charge is -2.22. The van der Waals surface area contributed by atoms with Crippen molar-refractivity contribution < 1.29 is 23.5 Å². The third-order valence-corrected chi connectivity index (χ3v) is 4.63. The van der Waals surface area contributed by atoms with Gasteiger partial charge in [0.1, 0.15) is 30.8 Å². The predicted molar refractivity (Wildman–Crippen MR) is 114 cm³/mol. The Morgan fingerprint density at radius 3 is 2.10 bits per heavy atom. The van der Waals surface area contributed by atoms with Crippen LogP contribution in [0.5, 0.6) is 5.75 Å². The minimum atomic E-state index is -0.773. The van der Waals surface area contributed by atoms with E-state index in [9.17, 15) is 14.0 Å². The molecule has 162 valence electrons. The molecule has 0 aliphatic heterocycles. The number of nitrogens with one attached hydrogen (secondary N) is 1. The number of hydrogen-bond donors (Lipinski definition) is 1. The van der Waals surface area contributed by atoms with Gasteiger partial charge in [-0.05, 0) is 53.3 Å². The summed E-state index contributed by atoms with van der Waals surface area (Å²) >= 11 is 0. The molecule has 0 saturated heterocycles. The quantitative estimate of drug-likeness (QED) is 0.509. The molecule has 0 heterocycles. The number of halogens is 1. The predicted octanol–water partition coefficient (Wildman–Crippen LogP) is 4.50. The number of carbonyl (C=O) groups is 2. The molecule has 2 aromatic carbocycles. The molecule has 1 atom stereocenters. The normalized spacial score (nSPS) is 12.4. The van der Waals surface area contributed by atoms with Gasteiger partial charge in [-0.1, -0.05) is 46.8 Å². The van der Waals surface area contributed by atoms with Gasteiger partial charge in [0, 0.05) is 5.56 Å². The summed E-state index contributed by atoms with van der Waals surface area (Å²) in [6.45, 7) is 10.1. The van der Waals surface area contributed by atoms with Crippen molar-refractivity contribution >= 4 is 11.9 Å². The van der Waals surface area contributed by atoms with Crippen molar-refractivity contribution in [2.75, 3.05) is 13.2 Å². The number of carbonyl (C=O) groups excluding carboxylic acids is 2. The van der Waals surface area contributed by atoms with Crippen LogP contribution in [-0.2, 0) is 14.9 Å². The number of amides is 1. The first-order valence-electron chi connectivity index (χ1n) is 10.0. The van der Waals surface area contributed by atoms with Crippen molar-refractivity contribution in [1.29, 1.82) is 0 Å². The summed E-state index contributed by atoms with van der Waals surface area (Å²) in [6.07, 6.45) is 0. The van der Waals surface area contributed by atoms with Crippen LogP contribution in [0.15, 0.2) is 48.5 Å². The third kappa shape index (κ3) is 6.87. The maximum absolute atomic E-state index is 12.9. The fourth-order valence-corrected chi connectivity index (χ4v) is 2.77. The van der Waals surface area contributed by atoms with E-state index in [1.165, 1.54) is 24.3 Å². The lowest BCUT2D eigenvalue weighted by Crippen LogP contribution is -2.45. The lowest BCUT2D eigenvalue weighted by molar-refractivity contribution is -0.147.